The fraction of sp³-hybridized carbons (Fsp3) is 0.900. The quantitative estimate of drug-likeness (QED) is 0.656. The molecule has 1 saturated carbocycles. The van der Waals surface area contributed by atoms with Gasteiger partial charge in [-0.15, -0.1) is 0 Å². The molecule has 0 heterocycles. The summed E-state index contributed by atoms with van der Waals surface area (Å²) in [5, 5.41) is 8.68. The first-order valence-electron chi connectivity index (χ1n) is 5.20. The lowest BCUT2D eigenvalue weighted by Crippen LogP contribution is -2.45. The summed E-state index contributed by atoms with van der Waals surface area (Å²) in [6.07, 6.45) is 2.68. The third kappa shape index (κ3) is 2.96. The van der Waals surface area contributed by atoms with Crippen LogP contribution in [0.4, 0.5) is 0 Å². The summed E-state index contributed by atoms with van der Waals surface area (Å²) in [6.45, 7) is 2.57. The Morgan fingerprint density at radius 1 is 1.64 bits per heavy atom. The van der Waals surface area contributed by atoms with Gasteiger partial charge in [-0.1, -0.05) is 0 Å². The number of nitrogens with two attached hydrogens (primary N) is 1. The molecular weight excluding hydrogens is 180 g/mol. The maximum atomic E-state index is 10.6. The van der Waals surface area contributed by atoms with Crippen molar-refractivity contribution in [2.45, 2.75) is 38.3 Å². The van der Waals surface area contributed by atoms with E-state index < -0.39 is 5.97 Å². The zero-order valence-corrected chi connectivity index (χ0v) is 8.94. The number of likely N-dealkylation sites (N-methyl/N-ethyl adjacent to an activating group) is 1. The Hall–Kier alpha value is -0.610. The van der Waals surface area contributed by atoms with E-state index in [9.17, 15) is 4.79 Å². The third-order valence-corrected chi connectivity index (χ3v) is 3.10. The van der Waals surface area contributed by atoms with Gasteiger partial charge in [0.15, 0.2) is 0 Å². The van der Waals surface area contributed by atoms with Gasteiger partial charge in [0.05, 0.1) is 6.42 Å². The first kappa shape index (κ1) is 11.5. The van der Waals surface area contributed by atoms with E-state index in [2.05, 4.69) is 4.90 Å². The Bertz CT molecular complexity index is 204. The number of rotatable bonds is 6. The van der Waals surface area contributed by atoms with Gasteiger partial charge in [0, 0.05) is 18.6 Å². The van der Waals surface area contributed by atoms with Gasteiger partial charge in [-0.05, 0) is 32.7 Å². The van der Waals surface area contributed by atoms with Crippen molar-refractivity contribution < 1.29 is 9.90 Å². The van der Waals surface area contributed by atoms with Gasteiger partial charge in [0.1, 0.15) is 0 Å². The second-order valence-corrected chi connectivity index (χ2v) is 4.25. The zero-order valence-electron chi connectivity index (χ0n) is 8.94. The highest BCUT2D eigenvalue weighted by Gasteiger charge is 2.34. The standard InChI is InChI=1S/C10H20N2O2/c1-7(5-10(13)14)12(2)9(6-11)8-3-4-8/h7-9H,3-6,11H2,1-2H3,(H,13,14). The molecule has 1 fully saturated rings. The van der Waals surface area contributed by atoms with Crippen molar-refractivity contribution in [3.8, 4) is 0 Å². The Balaban J connectivity index is 2.43. The van der Waals surface area contributed by atoms with Gasteiger partial charge in [-0.3, -0.25) is 9.69 Å². The summed E-state index contributed by atoms with van der Waals surface area (Å²) in [6, 6.07) is 0.436. The molecule has 1 rings (SSSR count). The predicted octanol–water partition coefficient (Wildman–Crippen LogP) is 0.519. The van der Waals surface area contributed by atoms with Crippen molar-refractivity contribution in [1.29, 1.82) is 0 Å². The molecule has 2 atom stereocenters. The van der Waals surface area contributed by atoms with Crippen LogP contribution in [0.3, 0.4) is 0 Å². The molecule has 0 radical (unpaired) electrons. The number of hydrogen-bond donors (Lipinski definition) is 2. The van der Waals surface area contributed by atoms with E-state index in [1.807, 2.05) is 14.0 Å². The molecule has 3 N–H and O–H groups in total. The molecule has 4 heteroatoms. The van der Waals surface area contributed by atoms with Crippen molar-refractivity contribution in [1.82, 2.24) is 4.90 Å². The SMILES string of the molecule is CC(CC(=O)O)N(C)C(CN)C1CC1. The number of carboxylic acids is 1. The lowest BCUT2D eigenvalue weighted by Gasteiger charge is -2.31. The van der Waals surface area contributed by atoms with Crippen molar-refractivity contribution in [2.24, 2.45) is 11.7 Å². The summed E-state index contributed by atoms with van der Waals surface area (Å²) in [7, 11) is 1.98. The van der Waals surface area contributed by atoms with Crippen LogP contribution in [-0.2, 0) is 4.79 Å². The van der Waals surface area contributed by atoms with E-state index in [1.165, 1.54) is 12.8 Å². The molecule has 4 nitrogen and oxygen atoms in total. The molecule has 0 aromatic heterocycles. The van der Waals surface area contributed by atoms with E-state index >= 15 is 0 Å². The molecule has 0 aliphatic heterocycles. The van der Waals surface area contributed by atoms with Gasteiger partial charge in [-0.25, -0.2) is 0 Å². The van der Waals surface area contributed by atoms with Crippen LogP contribution in [0, 0.1) is 5.92 Å². The minimum atomic E-state index is -0.740. The minimum absolute atomic E-state index is 0.0710. The number of nitrogens with zero attached hydrogens (tertiary/aromatic N) is 1. The smallest absolute Gasteiger partial charge is 0.304 e. The molecule has 82 valence electrons. The normalized spacial score (nSPS) is 20.9. The third-order valence-electron chi connectivity index (χ3n) is 3.10. The van der Waals surface area contributed by atoms with Crippen molar-refractivity contribution in [3.05, 3.63) is 0 Å². The van der Waals surface area contributed by atoms with Crippen LogP contribution in [0.25, 0.3) is 0 Å². The average molecular weight is 200 g/mol. The average Bonchev–Trinajstić information content (AvgIpc) is 2.88. The number of carbonyl (C=O) groups is 1. The second kappa shape index (κ2) is 4.75. The molecule has 0 bridgehead atoms. The summed E-state index contributed by atoms with van der Waals surface area (Å²) in [5.74, 6) is -0.0443. The predicted molar refractivity (Wildman–Crippen MR) is 55.0 cm³/mol. The molecule has 0 amide bonds. The fourth-order valence-electron chi connectivity index (χ4n) is 1.90. The second-order valence-electron chi connectivity index (χ2n) is 4.25. The van der Waals surface area contributed by atoms with Crippen LogP contribution >= 0.6 is 0 Å². The van der Waals surface area contributed by atoms with E-state index in [-0.39, 0.29) is 12.5 Å². The van der Waals surface area contributed by atoms with Gasteiger partial charge >= 0.3 is 5.97 Å². The Kier molecular flexibility index (Phi) is 3.89. The molecule has 0 aromatic rings. The van der Waals surface area contributed by atoms with E-state index in [0.717, 1.165) is 0 Å². The van der Waals surface area contributed by atoms with Gasteiger partial charge in [-0.2, -0.15) is 0 Å². The summed E-state index contributed by atoms with van der Waals surface area (Å²) in [5.41, 5.74) is 5.69. The molecule has 1 aliphatic carbocycles. The lowest BCUT2D eigenvalue weighted by atomic mass is 10.1. The van der Waals surface area contributed by atoms with Crippen LogP contribution in [-0.4, -0.2) is 41.7 Å². The highest BCUT2D eigenvalue weighted by Crippen LogP contribution is 2.35. The first-order valence-corrected chi connectivity index (χ1v) is 5.20. The van der Waals surface area contributed by atoms with Crippen LogP contribution in [0.2, 0.25) is 0 Å². The van der Waals surface area contributed by atoms with Crippen LogP contribution in [0.1, 0.15) is 26.2 Å². The Labute approximate surface area is 85.1 Å². The lowest BCUT2D eigenvalue weighted by molar-refractivity contribution is -0.138. The van der Waals surface area contributed by atoms with Crippen molar-refractivity contribution in [3.63, 3.8) is 0 Å². The van der Waals surface area contributed by atoms with Crippen molar-refractivity contribution >= 4 is 5.97 Å². The van der Waals surface area contributed by atoms with Gasteiger partial charge in [0.25, 0.3) is 0 Å². The number of carboxylic acid groups (broad SMARTS) is 1. The van der Waals surface area contributed by atoms with E-state index in [4.69, 9.17) is 10.8 Å². The highest BCUT2D eigenvalue weighted by molar-refractivity contribution is 5.67. The van der Waals surface area contributed by atoms with Crippen LogP contribution < -0.4 is 5.73 Å². The summed E-state index contributed by atoms with van der Waals surface area (Å²) >= 11 is 0. The maximum absolute atomic E-state index is 10.6. The van der Waals surface area contributed by atoms with Gasteiger partial charge < -0.3 is 10.8 Å². The maximum Gasteiger partial charge on any atom is 0.304 e. The first-order chi connectivity index (χ1) is 6.56. The number of hydrogen-bond acceptors (Lipinski definition) is 3. The molecule has 0 spiro atoms. The van der Waals surface area contributed by atoms with E-state index in [1.54, 1.807) is 0 Å². The molecule has 0 saturated heterocycles. The molecule has 0 aromatic carbocycles. The van der Waals surface area contributed by atoms with Crippen LogP contribution in [0.15, 0.2) is 0 Å². The molecular formula is C10H20N2O2. The zero-order chi connectivity index (χ0) is 10.7. The molecule has 1 aliphatic rings. The van der Waals surface area contributed by atoms with Crippen molar-refractivity contribution in [2.75, 3.05) is 13.6 Å². The Morgan fingerprint density at radius 3 is 2.57 bits per heavy atom. The summed E-state index contributed by atoms with van der Waals surface area (Å²) < 4.78 is 0. The largest absolute Gasteiger partial charge is 0.481 e. The Morgan fingerprint density at radius 2 is 2.21 bits per heavy atom. The monoisotopic (exact) mass is 200 g/mol. The fourth-order valence-corrected chi connectivity index (χ4v) is 1.90. The molecule has 2 unspecified atom stereocenters. The number of aliphatic carboxylic acids is 1. The summed E-state index contributed by atoms with van der Waals surface area (Å²) in [4.78, 5) is 12.7. The topological polar surface area (TPSA) is 66.6 Å². The van der Waals surface area contributed by atoms with Gasteiger partial charge in [0.2, 0.25) is 0 Å². The molecule has 14 heavy (non-hydrogen) atoms. The minimum Gasteiger partial charge on any atom is -0.481 e. The van der Waals surface area contributed by atoms with E-state index in [0.29, 0.717) is 18.5 Å². The highest BCUT2D eigenvalue weighted by atomic mass is 16.4. The van der Waals surface area contributed by atoms with Crippen LogP contribution in [0.5, 0.6) is 0 Å².